The molecule has 0 radical (unpaired) electrons. The number of fused-ring (bicyclic) bond motifs is 2. The van der Waals surface area contributed by atoms with Crippen LogP contribution in [0.5, 0.6) is 0 Å². The van der Waals surface area contributed by atoms with E-state index in [1.165, 1.54) is 0 Å². The Balaban J connectivity index is 0.000000149. The number of rotatable bonds is 2. The summed E-state index contributed by atoms with van der Waals surface area (Å²) in [5.41, 5.74) is 1.70. The third-order valence-corrected chi connectivity index (χ3v) is 1.89. The molecular weight excluding hydrogens is 162 g/mol. The van der Waals surface area contributed by atoms with Crippen LogP contribution in [0.2, 0.25) is 0 Å². The van der Waals surface area contributed by atoms with Crippen molar-refractivity contribution >= 4 is 5.78 Å². The van der Waals surface area contributed by atoms with Gasteiger partial charge in [-0.15, -0.1) is 0 Å². The second-order valence-corrected chi connectivity index (χ2v) is 2.87. The molecule has 70 valence electrons. The minimum atomic E-state index is 0.201. The summed E-state index contributed by atoms with van der Waals surface area (Å²) in [6, 6.07) is 7.44. The molecule has 13 heavy (non-hydrogen) atoms. The molecule has 0 fully saturated rings. The number of hydrogen-bond donors (Lipinski definition) is 1. The van der Waals surface area contributed by atoms with Crippen molar-refractivity contribution in [3.05, 3.63) is 35.4 Å². The molecule has 3 rings (SSSR count). The fourth-order valence-corrected chi connectivity index (χ4v) is 1.14. The number of carbonyl (C=O) groups is 1. The van der Waals surface area contributed by atoms with Crippen LogP contribution >= 0.6 is 0 Å². The number of hydrogen-bond acceptors (Lipinski definition) is 2. The molecule has 0 amide bonds. The average Bonchev–Trinajstić information content (AvgIpc) is 2.20. The Morgan fingerprint density at radius 3 is 1.85 bits per heavy atom. The summed E-state index contributed by atoms with van der Waals surface area (Å²) in [4.78, 5) is 10.7. The van der Waals surface area contributed by atoms with Crippen LogP contribution in [-0.2, 0) is 0 Å². The van der Waals surface area contributed by atoms with E-state index in [1.54, 1.807) is 0 Å². The Hall–Kier alpha value is -1.15. The zero-order valence-electron chi connectivity index (χ0n) is 8.13. The average molecular weight is 177 g/mol. The Labute approximate surface area is 79.0 Å². The number of benzene rings is 1. The van der Waals surface area contributed by atoms with Crippen molar-refractivity contribution < 1.29 is 4.79 Å². The van der Waals surface area contributed by atoms with E-state index in [-0.39, 0.29) is 5.78 Å². The summed E-state index contributed by atoms with van der Waals surface area (Å²) >= 11 is 0. The van der Waals surface area contributed by atoms with E-state index in [0.717, 1.165) is 24.2 Å². The van der Waals surface area contributed by atoms with Gasteiger partial charge >= 0.3 is 0 Å². The van der Waals surface area contributed by atoms with Gasteiger partial charge in [-0.25, -0.2) is 0 Å². The Morgan fingerprint density at radius 1 is 1.15 bits per heavy atom. The third kappa shape index (κ3) is 2.39. The standard InChI is InChI=1S/C7H4O.C4H11N/c8-7-5-2-1-3-6(7)4-5;1-3-5-4-2/h1-4H;5H,3-4H2,1-2H3. The highest BCUT2D eigenvalue weighted by atomic mass is 16.1. The summed E-state index contributed by atoms with van der Waals surface area (Å²) in [7, 11) is 0. The molecule has 2 bridgehead atoms. The number of nitrogens with one attached hydrogen (secondary N) is 1. The summed E-state index contributed by atoms with van der Waals surface area (Å²) in [5.74, 6) is 0.201. The van der Waals surface area contributed by atoms with E-state index in [0.29, 0.717) is 0 Å². The highest BCUT2D eigenvalue weighted by Crippen LogP contribution is 2.19. The maximum Gasteiger partial charge on any atom is 0.193 e. The molecule has 0 saturated carbocycles. The second-order valence-electron chi connectivity index (χ2n) is 2.87. The van der Waals surface area contributed by atoms with Crippen molar-refractivity contribution in [3.63, 3.8) is 0 Å². The van der Waals surface area contributed by atoms with Gasteiger partial charge in [-0.05, 0) is 19.2 Å². The van der Waals surface area contributed by atoms with E-state index in [2.05, 4.69) is 19.2 Å². The number of ketones is 1. The van der Waals surface area contributed by atoms with E-state index in [9.17, 15) is 4.79 Å². The van der Waals surface area contributed by atoms with Crippen molar-refractivity contribution in [2.24, 2.45) is 0 Å². The lowest BCUT2D eigenvalue weighted by atomic mass is 9.92. The molecular formula is C11H15NO. The quantitative estimate of drug-likeness (QED) is 0.758. The molecule has 0 aromatic heterocycles. The van der Waals surface area contributed by atoms with Gasteiger partial charge in [0, 0.05) is 11.1 Å². The first-order valence-electron chi connectivity index (χ1n) is 4.65. The molecule has 2 nitrogen and oxygen atoms in total. The second kappa shape index (κ2) is 4.77. The molecule has 1 N–H and O–H groups in total. The van der Waals surface area contributed by atoms with Crippen molar-refractivity contribution in [2.45, 2.75) is 13.8 Å². The first-order valence-corrected chi connectivity index (χ1v) is 4.65. The van der Waals surface area contributed by atoms with Crippen LogP contribution in [-0.4, -0.2) is 18.9 Å². The van der Waals surface area contributed by atoms with Crippen LogP contribution in [0, 0.1) is 0 Å². The van der Waals surface area contributed by atoms with Crippen LogP contribution in [0.15, 0.2) is 24.3 Å². The van der Waals surface area contributed by atoms with Gasteiger partial charge in [0.2, 0.25) is 0 Å². The minimum absolute atomic E-state index is 0.201. The zero-order chi connectivity index (χ0) is 9.68. The third-order valence-electron chi connectivity index (χ3n) is 1.89. The van der Waals surface area contributed by atoms with Gasteiger partial charge in [-0.2, -0.15) is 0 Å². The van der Waals surface area contributed by atoms with E-state index in [1.807, 2.05) is 24.3 Å². The highest BCUT2D eigenvalue weighted by Gasteiger charge is 2.17. The Kier molecular flexibility index (Phi) is 3.65. The molecule has 2 aliphatic carbocycles. The van der Waals surface area contributed by atoms with Crippen molar-refractivity contribution in [1.82, 2.24) is 5.32 Å². The van der Waals surface area contributed by atoms with Crippen molar-refractivity contribution in [3.8, 4) is 0 Å². The smallest absolute Gasteiger partial charge is 0.193 e. The van der Waals surface area contributed by atoms with E-state index < -0.39 is 0 Å². The molecule has 0 aliphatic heterocycles. The van der Waals surface area contributed by atoms with Crippen LogP contribution in [0.3, 0.4) is 0 Å². The summed E-state index contributed by atoms with van der Waals surface area (Å²) in [5, 5.41) is 3.11. The lowest BCUT2D eigenvalue weighted by Crippen LogP contribution is -2.10. The first kappa shape index (κ1) is 9.93. The monoisotopic (exact) mass is 177 g/mol. The molecule has 0 spiro atoms. The molecule has 0 unspecified atom stereocenters. The maximum atomic E-state index is 10.7. The van der Waals surface area contributed by atoms with Crippen LogP contribution < -0.4 is 5.32 Å². The lowest BCUT2D eigenvalue weighted by molar-refractivity contribution is 0.102. The fourth-order valence-electron chi connectivity index (χ4n) is 1.14. The van der Waals surface area contributed by atoms with E-state index in [4.69, 9.17) is 0 Å². The predicted octanol–water partition coefficient (Wildman–Crippen LogP) is 1.85. The maximum absolute atomic E-state index is 10.7. The molecule has 0 atom stereocenters. The van der Waals surface area contributed by atoms with Crippen LogP contribution in [0.4, 0.5) is 0 Å². The Bertz CT molecular complexity index is 263. The summed E-state index contributed by atoms with van der Waals surface area (Å²) in [6.45, 7) is 6.39. The molecule has 2 heteroatoms. The predicted molar refractivity (Wildman–Crippen MR) is 54.1 cm³/mol. The Morgan fingerprint density at radius 2 is 1.69 bits per heavy atom. The molecule has 1 aromatic rings. The van der Waals surface area contributed by atoms with Gasteiger partial charge in [0.25, 0.3) is 0 Å². The molecule has 2 aliphatic rings. The first-order chi connectivity index (χ1) is 6.29. The van der Waals surface area contributed by atoms with Crippen molar-refractivity contribution in [1.29, 1.82) is 0 Å². The summed E-state index contributed by atoms with van der Waals surface area (Å²) < 4.78 is 0. The number of carbonyl (C=O) groups excluding carboxylic acids is 1. The topological polar surface area (TPSA) is 29.1 Å². The molecule has 1 aromatic carbocycles. The highest BCUT2D eigenvalue weighted by molar-refractivity contribution is 6.16. The van der Waals surface area contributed by atoms with E-state index >= 15 is 0 Å². The van der Waals surface area contributed by atoms with Gasteiger partial charge in [-0.3, -0.25) is 4.79 Å². The van der Waals surface area contributed by atoms with Gasteiger partial charge in [0.15, 0.2) is 5.78 Å². The van der Waals surface area contributed by atoms with Crippen molar-refractivity contribution in [2.75, 3.05) is 13.1 Å². The van der Waals surface area contributed by atoms with Gasteiger partial charge in [0.05, 0.1) is 0 Å². The van der Waals surface area contributed by atoms with Gasteiger partial charge in [-0.1, -0.05) is 32.0 Å². The van der Waals surface area contributed by atoms with Gasteiger partial charge in [0.1, 0.15) is 0 Å². The fraction of sp³-hybridized carbons (Fsp3) is 0.364. The van der Waals surface area contributed by atoms with Crippen LogP contribution in [0.1, 0.15) is 29.8 Å². The minimum Gasteiger partial charge on any atom is -0.317 e. The SMILES string of the molecule is CCNCC.O=C1c2cccc1c2. The largest absolute Gasteiger partial charge is 0.317 e. The molecule has 0 heterocycles. The normalized spacial score (nSPS) is 11.4. The van der Waals surface area contributed by atoms with Gasteiger partial charge < -0.3 is 5.32 Å². The summed E-state index contributed by atoms with van der Waals surface area (Å²) in [6.07, 6.45) is 0. The molecule has 0 saturated heterocycles. The zero-order valence-corrected chi connectivity index (χ0v) is 8.13. The van der Waals surface area contributed by atoms with Crippen LogP contribution in [0.25, 0.3) is 0 Å². The lowest BCUT2D eigenvalue weighted by Gasteiger charge is -2.10.